The van der Waals surface area contributed by atoms with Gasteiger partial charge in [0.2, 0.25) is 0 Å². The fraction of sp³-hybridized carbons (Fsp3) is 0.786. The molecule has 0 aliphatic heterocycles. The summed E-state index contributed by atoms with van der Waals surface area (Å²) in [5, 5.41) is 0. The predicted molar refractivity (Wildman–Crippen MR) is 70.1 cm³/mol. The Balaban J connectivity index is 3.25. The molecule has 0 radical (unpaired) electrons. The van der Waals surface area contributed by atoms with Crippen molar-refractivity contribution in [1.82, 2.24) is 9.55 Å². The second kappa shape index (κ2) is 4.74. The van der Waals surface area contributed by atoms with Crippen LogP contribution in [0.1, 0.15) is 53.7 Å². The fourth-order valence-corrected chi connectivity index (χ4v) is 1.62. The Hall–Kier alpha value is -1.07. The largest absolute Gasteiger partial charge is 0.393 e. The van der Waals surface area contributed by atoms with Crippen LogP contribution in [0.3, 0.4) is 0 Å². The predicted octanol–water partition coefficient (Wildman–Crippen LogP) is 4.80. The average Bonchev–Trinajstić information content (AvgIpc) is 2.77. The molecule has 0 aromatic carbocycles. The van der Waals surface area contributed by atoms with E-state index in [0.29, 0.717) is 12.1 Å². The SMILES string of the molecule is CCC(C)(C)c1cn(C(F)(F)C(F)(F)C(C)(C)C)cn1. The van der Waals surface area contributed by atoms with Crippen LogP contribution in [0.5, 0.6) is 0 Å². The third-order valence-corrected chi connectivity index (χ3v) is 3.80. The molecule has 1 aromatic heterocycles. The summed E-state index contributed by atoms with van der Waals surface area (Å²) in [7, 11) is 0. The molecular formula is C14H22F4N2. The van der Waals surface area contributed by atoms with Gasteiger partial charge in [-0.3, -0.25) is 4.57 Å². The molecule has 0 bridgehead atoms. The highest BCUT2D eigenvalue weighted by Gasteiger charge is 2.64. The van der Waals surface area contributed by atoms with Crippen molar-refractivity contribution in [2.45, 2.75) is 65.3 Å². The first-order chi connectivity index (χ1) is 8.77. The number of hydrogen-bond acceptors (Lipinski definition) is 1. The molecule has 1 heterocycles. The molecule has 20 heavy (non-hydrogen) atoms. The minimum absolute atomic E-state index is 0.227. The molecular weight excluding hydrogens is 272 g/mol. The molecule has 0 fully saturated rings. The Morgan fingerprint density at radius 1 is 1.05 bits per heavy atom. The molecule has 2 nitrogen and oxygen atoms in total. The molecule has 0 aliphatic carbocycles. The third kappa shape index (κ3) is 2.56. The van der Waals surface area contributed by atoms with Gasteiger partial charge in [-0.1, -0.05) is 41.5 Å². The van der Waals surface area contributed by atoms with Gasteiger partial charge in [0.1, 0.15) is 0 Å². The van der Waals surface area contributed by atoms with Gasteiger partial charge in [-0.05, 0) is 6.42 Å². The molecule has 0 atom stereocenters. The first-order valence-electron chi connectivity index (χ1n) is 6.58. The van der Waals surface area contributed by atoms with E-state index in [2.05, 4.69) is 4.98 Å². The second-order valence-electron chi connectivity index (χ2n) is 6.77. The van der Waals surface area contributed by atoms with E-state index in [0.717, 1.165) is 33.3 Å². The standard InChI is InChI=1S/C14H22F4N2/c1-7-12(5,6)10-8-20(9-19-10)14(17,18)13(15,16)11(2,3)4/h8-9H,7H2,1-6H3. The van der Waals surface area contributed by atoms with Gasteiger partial charge in [-0.15, -0.1) is 0 Å². The van der Waals surface area contributed by atoms with Crippen molar-refractivity contribution < 1.29 is 17.6 Å². The van der Waals surface area contributed by atoms with Crippen molar-refractivity contribution in [3.63, 3.8) is 0 Å². The van der Waals surface area contributed by atoms with Crippen LogP contribution in [-0.2, 0) is 11.5 Å². The van der Waals surface area contributed by atoms with Crippen molar-refractivity contribution in [3.8, 4) is 0 Å². The van der Waals surface area contributed by atoms with Crippen molar-refractivity contribution in [3.05, 3.63) is 18.2 Å². The van der Waals surface area contributed by atoms with E-state index in [-0.39, 0.29) is 4.57 Å². The van der Waals surface area contributed by atoms with Gasteiger partial charge >= 0.3 is 12.0 Å². The maximum Gasteiger partial charge on any atom is 0.393 e. The lowest BCUT2D eigenvalue weighted by Crippen LogP contribution is -2.51. The molecule has 6 heteroatoms. The molecule has 0 spiro atoms. The zero-order chi connectivity index (χ0) is 16.0. The zero-order valence-corrected chi connectivity index (χ0v) is 12.8. The molecule has 0 saturated carbocycles. The lowest BCUT2D eigenvalue weighted by Gasteiger charge is -2.36. The van der Waals surface area contributed by atoms with Crippen LogP contribution in [0.2, 0.25) is 0 Å². The number of nitrogens with zero attached hydrogens (tertiary/aromatic N) is 2. The molecule has 1 rings (SSSR count). The number of halogens is 4. The van der Waals surface area contributed by atoms with E-state index >= 15 is 0 Å². The van der Waals surface area contributed by atoms with E-state index in [1.165, 1.54) is 0 Å². The monoisotopic (exact) mass is 294 g/mol. The van der Waals surface area contributed by atoms with E-state index < -0.39 is 22.8 Å². The Bertz CT molecular complexity index is 470. The first kappa shape index (κ1) is 17.0. The van der Waals surface area contributed by atoms with Crippen molar-refractivity contribution >= 4 is 0 Å². The summed E-state index contributed by atoms with van der Waals surface area (Å²) in [5.74, 6) is -4.19. The maximum atomic E-state index is 14.1. The molecule has 0 N–H and O–H groups in total. The van der Waals surface area contributed by atoms with Gasteiger partial charge in [0, 0.05) is 17.0 Å². The summed E-state index contributed by atoms with van der Waals surface area (Å²) in [6.45, 7) is 8.83. The third-order valence-electron chi connectivity index (χ3n) is 3.80. The zero-order valence-electron chi connectivity index (χ0n) is 12.8. The summed E-state index contributed by atoms with van der Waals surface area (Å²) in [6.07, 6.45) is 2.47. The minimum atomic E-state index is -4.32. The highest BCUT2D eigenvalue weighted by Crippen LogP contribution is 2.49. The van der Waals surface area contributed by atoms with Crippen molar-refractivity contribution in [2.75, 3.05) is 0 Å². The highest BCUT2D eigenvalue weighted by molar-refractivity contribution is 5.12. The Morgan fingerprint density at radius 3 is 1.95 bits per heavy atom. The number of aromatic nitrogens is 2. The van der Waals surface area contributed by atoms with E-state index in [1.807, 2.05) is 20.8 Å². The topological polar surface area (TPSA) is 17.8 Å². The van der Waals surface area contributed by atoms with Crippen LogP contribution < -0.4 is 0 Å². The summed E-state index contributed by atoms with van der Waals surface area (Å²) in [6, 6.07) is -4.32. The smallest absolute Gasteiger partial charge is 0.272 e. The summed E-state index contributed by atoms with van der Waals surface area (Å²) in [4.78, 5) is 3.87. The van der Waals surface area contributed by atoms with Gasteiger partial charge in [-0.2, -0.15) is 17.6 Å². The number of imidazole rings is 1. The van der Waals surface area contributed by atoms with Gasteiger partial charge in [0.15, 0.2) is 0 Å². The van der Waals surface area contributed by atoms with Gasteiger partial charge in [0.25, 0.3) is 0 Å². The van der Waals surface area contributed by atoms with Crippen molar-refractivity contribution in [1.29, 1.82) is 0 Å². The van der Waals surface area contributed by atoms with Crippen molar-refractivity contribution in [2.24, 2.45) is 5.41 Å². The Kier molecular flexibility index (Phi) is 4.02. The minimum Gasteiger partial charge on any atom is -0.272 e. The normalized spacial score (nSPS) is 14.7. The first-order valence-corrected chi connectivity index (χ1v) is 6.58. The molecule has 0 saturated heterocycles. The van der Waals surface area contributed by atoms with Gasteiger partial charge < -0.3 is 0 Å². The van der Waals surface area contributed by atoms with Crippen LogP contribution in [0.4, 0.5) is 17.6 Å². The van der Waals surface area contributed by atoms with Crippen LogP contribution in [0, 0.1) is 5.41 Å². The molecule has 0 aliphatic rings. The molecule has 0 unspecified atom stereocenters. The number of rotatable bonds is 4. The van der Waals surface area contributed by atoms with Crippen LogP contribution in [0.25, 0.3) is 0 Å². The van der Waals surface area contributed by atoms with Crippen LogP contribution in [0.15, 0.2) is 12.5 Å². The van der Waals surface area contributed by atoms with Crippen LogP contribution >= 0.6 is 0 Å². The van der Waals surface area contributed by atoms with E-state index in [1.54, 1.807) is 0 Å². The highest BCUT2D eigenvalue weighted by atomic mass is 19.3. The number of hydrogen-bond donors (Lipinski definition) is 0. The summed E-state index contributed by atoms with van der Waals surface area (Å²) >= 11 is 0. The van der Waals surface area contributed by atoms with Gasteiger partial charge in [0.05, 0.1) is 12.0 Å². The Labute approximate surface area is 117 Å². The second-order valence-corrected chi connectivity index (χ2v) is 6.77. The molecule has 1 aromatic rings. The number of alkyl halides is 4. The maximum absolute atomic E-state index is 14.1. The van der Waals surface area contributed by atoms with Crippen LogP contribution in [-0.4, -0.2) is 15.5 Å². The summed E-state index contributed by atoms with van der Waals surface area (Å²) in [5.41, 5.74) is -1.91. The summed E-state index contributed by atoms with van der Waals surface area (Å²) < 4.78 is 56.4. The molecule has 116 valence electrons. The van der Waals surface area contributed by atoms with E-state index in [4.69, 9.17) is 0 Å². The fourth-order valence-electron chi connectivity index (χ4n) is 1.62. The molecule has 0 amide bonds. The quantitative estimate of drug-likeness (QED) is 0.729. The average molecular weight is 294 g/mol. The lowest BCUT2D eigenvalue weighted by molar-refractivity contribution is -0.300. The Morgan fingerprint density at radius 2 is 1.55 bits per heavy atom. The lowest BCUT2D eigenvalue weighted by atomic mass is 9.86. The van der Waals surface area contributed by atoms with Gasteiger partial charge in [-0.25, -0.2) is 4.98 Å². The van der Waals surface area contributed by atoms with E-state index in [9.17, 15) is 17.6 Å².